The molecule has 7 heavy (non-hydrogen) atoms. The van der Waals surface area contributed by atoms with Gasteiger partial charge >= 0.3 is 4.05 Å². The molecule has 0 saturated heterocycles. The molecule has 0 fully saturated rings. The summed E-state index contributed by atoms with van der Waals surface area (Å²) >= 11 is 3.56. The molecule has 0 unspecified atom stereocenters. The maximum atomic E-state index is 8.63. The monoisotopic (exact) mass is 230 g/mol. The third-order valence-corrected chi connectivity index (χ3v) is 2.46. The molecule has 0 aliphatic rings. The van der Waals surface area contributed by atoms with Crippen molar-refractivity contribution in [3.05, 3.63) is 0 Å². The van der Waals surface area contributed by atoms with Gasteiger partial charge in [0.05, 0.1) is 0 Å². The first-order valence-corrected chi connectivity index (χ1v) is 4.50. The molecule has 0 aromatic rings. The topological polar surface area (TPSA) is 20.2 Å². The molecular formula is C3H8BIOS. The molecule has 0 rings (SSSR count). The molecule has 0 radical (unpaired) electrons. The molecule has 42 valence electrons. The third kappa shape index (κ3) is 7.10. The van der Waals surface area contributed by atoms with Crippen molar-refractivity contribution < 1.29 is 5.02 Å². The maximum absolute atomic E-state index is 8.63. The van der Waals surface area contributed by atoms with E-state index in [1.165, 1.54) is 0 Å². The molecule has 0 aliphatic heterocycles. The van der Waals surface area contributed by atoms with Crippen LogP contribution in [-0.4, -0.2) is 14.8 Å². The normalized spacial score (nSPS) is 9.00. The molecule has 0 heterocycles. The summed E-state index contributed by atoms with van der Waals surface area (Å²) in [5.41, 5.74) is 0. The molecule has 0 atom stereocenters. The fourth-order valence-electron chi connectivity index (χ4n) is 0.215. The van der Waals surface area contributed by atoms with Crippen LogP contribution in [0.5, 0.6) is 0 Å². The summed E-state index contributed by atoms with van der Waals surface area (Å²) in [5.74, 6) is 1.06. The number of hydrogen-bond acceptors (Lipinski definition) is 2. The Bertz CT molecular complexity index is 43.9. The SMILES string of the molecule is CCCSB(O)I. The van der Waals surface area contributed by atoms with Gasteiger partial charge in [0.1, 0.15) is 0 Å². The average molecular weight is 230 g/mol. The Morgan fingerprint density at radius 2 is 2.43 bits per heavy atom. The first-order valence-electron chi connectivity index (χ1n) is 2.21. The Balaban J connectivity index is 2.68. The van der Waals surface area contributed by atoms with Gasteiger partial charge in [0.25, 0.3) is 0 Å². The molecule has 0 aliphatic carbocycles. The van der Waals surface area contributed by atoms with Crippen LogP contribution in [-0.2, 0) is 0 Å². The fourth-order valence-corrected chi connectivity index (χ4v) is 1.41. The van der Waals surface area contributed by atoms with Crippen LogP contribution in [0.3, 0.4) is 0 Å². The van der Waals surface area contributed by atoms with E-state index in [1.807, 2.05) is 22.4 Å². The zero-order valence-corrected chi connectivity index (χ0v) is 7.20. The third-order valence-electron chi connectivity index (χ3n) is 0.460. The molecular weight excluding hydrogens is 222 g/mol. The second kappa shape index (κ2) is 5.25. The van der Waals surface area contributed by atoms with Crippen molar-refractivity contribution in [2.75, 3.05) is 5.75 Å². The number of halogens is 1. The van der Waals surface area contributed by atoms with E-state index in [0.29, 0.717) is 0 Å². The van der Waals surface area contributed by atoms with Gasteiger partial charge in [-0.05, 0) is 12.2 Å². The predicted molar refractivity (Wildman–Crippen MR) is 44.7 cm³/mol. The Kier molecular flexibility index (Phi) is 6.07. The van der Waals surface area contributed by atoms with Crippen LogP contribution in [0.2, 0.25) is 0 Å². The van der Waals surface area contributed by atoms with Crippen LogP contribution in [0.4, 0.5) is 0 Å². The number of hydrogen-bond donors (Lipinski definition) is 1. The van der Waals surface area contributed by atoms with Crippen LogP contribution in [0, 0.1) is 0 Å². The van der Waals surface area contributed by atoms with Crippen molar-refractivity contribution in [3.8, 4) is 0 Å². The lowest BCUT2D eigenvalue weighted by Crippen LogP contribution is -1.94. The van der Waals surface area contributed by atoms with Crippen LogP contribution in [0.1, 0.15) is 13.3 Å². The summed E-state index contributed by atoms with van der Waals surface area (Å²) in [6.45, 7) is 2.10. The highest BCUT2D eigenvalue weighted by Gasteiger charge is 2.01. The highest BCUT2D eigenvalue weighted by Crippen LogP contribution is 2.09. The van der Waals surface area contributed by atoms with Gasteiger partial charge in [-0.3, -0.25) is 0 Å². The average Bonchev–Trinajstić information content (AvgIpc) is 1.61. The number of rotatable bonds is 3. The van der Waals surface area contributed by atoms with Crippen LogP contribution in [0.25, 0.3) is 0 Å². The highest BCUT2D eigenvalue weighted by molar-refractivity contribution is 14.1. The van der Waals surface area contributed by atoms with E-state index in [0.717, 1.165) is 12.2 Å². The van der Waals surface area contributed by atoms with Crippen LogP contribution >= 0.6 is 34.0 Å². The van der Waals surface area contributed by atoms with Gasteiger partial charge in [-0.25, -0.2) is 0 Å². The Morgan fingerprint density at radius 1 is 1.86 bits per heavy atom. The smallest absolute Gasteiger partial charge is 0.432 e. The molecule has 0 spiro atoms. The molecule has 0 bridgehead atoms. The van der Waals surface area contributed by atoms with Gasteiger partial charge in [-0.2, -0.15) is 11.6 Å². The van der Waals surface area contributed by atoms with E-state index in [1.54, 1.807) is 11.6 Å². The summed E-state index contributed by atoms with van der Waals surface area (Å²) in [4.78, 5) is 0. The molecule has 1 nitrogen and oxygen atoms in total. The summed E-state index contributed by atoms with van der Waals surface area (Å²) in [6, 6.07) is 0. The van der Waals surface area contributed by atoms with Crippen molar-refractivity contribution in [2.45, 2.75) is 13.3 Å². The van der Waals surface area contributed by atoms with Crippen molar-refractivity contribution in [2.24, 2.45) is 0 Å². The Labute approximate surface area is 62.1 Å². The van der Waals surface area contributed by atoms with Crippen molar-refractivity contribution in [1.29, 1.82) is 0 Å². The van der Waals surface area contributed by atoms with E-state index in [4.69, 9.17) is 5.02 Å². The molecule has 0 aromatic carbocycles. The molecule has 1 N–H and O–H groups in total. The first-order chi connectivity index (χ1) is 3.27. The van der Waals surface area contributed by atoms with E-state index >= 15 is 0 Å². The van der Waals surface area contributed by atoms with Gasteiger partial charge in [0.2, 0.25) is 0 Å². The largest absolute Gasteiger partial charge is 0.433 e. The molecule has 4 heteroatoms. The van der Waals surface area contributed by atoms with Crippen LogP contribution in [0.15, 0.2) is 0 Å². The lowest BCUT2D eigenvalue weighted by Gasteiger charge is -1.92. The minimum Gasteiger partial charge on any atom is -0.433 e. The van der Waals surface area contributed by atoms with Crippen LogP contribution < -0.4 is 0 Å². The molecule has 0 amide bonds. The molecule has 0 aromatic heterocycles. The van der Waals surface area contributed by atoms with Crippen molar-refractivity contribution in [3.63, 3.8) is 0 Å². The summed E-state index contributed by atoms with van der Waals surface area (Å²) in [7, 11) is 0. The van der Waals surface area contributed by atoms with E-state index < -0.39 is 0 Å². The summed E-state index contributed by atoms with van der Waals surface area (Å²) in [6.07, 6.45) is 1.14. The van der Waals surface area contributed by atoms with Crippen molar-refractivity contribution in [1.82, 2.24) is 0 Å². The predicted octanol–water partition coefficient (Wildman–Crippen LogP) is 1.54. The lowest BCUT2D eigenvalue weighted by molar-refractivity contribution is 0.620. The summed E-state index contributed by atoms with van der Waals surface area (Å²) < 4.78 is -0.211. The van der Waals surface area contributed by atoms with E-state index in [2.05, 4.69) is 6.92 Å². The second-order valence-electron chi connectivity index (χ2n) is 1.16. The van der Waals surface area contributed by atoms with Gasteiger partial charge in [-0.15, -0.1) is 0 Å². The van der Waals surface area contributed by atoms with Gasteiger partial charge < -0.3 is 5.02 Å². The first kappa shape index (κ1) is 8.10. The summed E-state index contributed by atoms with van der Waals surface area (Å²) in [5, 5.41) is 8.63. The maximum Gasteiger partial charge on any atom is 0.432 e. The minimum atomic E-state index is -0.211. The fraction of sp³-hybridized carbons (Fsp3) is 1.00. The van der Waals surface area contributed by atoms with E-state index in [-0.39, 0.29) is 4.05 Å². The molecule has 0 saturated carbocycles. The lowest BCUT2D eigenvalue weighted by atomic mass is 10.6. The van der Waals surface area contributed by atoms with Crippen molar-refractivity contribution >= 4 is 38.0 Å². The minimum absolute atomic E-state index is 0.211. The quantitative estimate of drug-likeness (QED) is 0.586. The highest BCUT2D eigenvalue weighted by atomic mass is 127. The van der Waals surface area contributed by atoms with Gasteiger partial charge in [-0.1, -0.05) is 29.3 Å². The van der Waals surface area contributed by atoms with Gasteiger partial charge in [0.15, 0.2) is 0 Å². The zero-order valence-electron chi connectivity index (χ0n) is 4.22. The Morgan fingerprint density at radius 3 is 2.57 bits per heavy atom. The van der Waals surface area contributed by atoms with E-state index in [9.17, 15) is 0 Å². The Hall–Kier alpha value is 1.10. The second-order valence-corrected chi connectivity index (χ2v) is 4.38. The zero-order chi connectivity index (χ0) is 5.70. The standard InChI is InChI=1S/C3H8BIOS/c1-2-3-7-4(5)6/h6H,2-3H2,1H3. The van der Waals surface area contributed by atoms with Gasteiger partial charge in [0, 0.05) is 0 Å².